The lowest BCUT2D eigenvalue weighted by molar-refractivity contribution is 0.146. The fourth-order valence-electron chi connectivity index (χ4n) is 4.37. The van der Waals surface area contributed by atoms with E-state index < -0.39 is 0 Å². The number of hydrogen-bond donors (Lipinski definition) is 2. The van der Waals surface area contributed by atoms with Crippen molar-refractivity contribution in [2.24, 2.45) is 4.99 Å². The van der Waals surface area contributed by atoms with Crippen LogP contribution in [0.3, 0.4) is 0 Å². The Balaban J connectivity index is 1.34. The molecule has 9 heteroatoms. The largest absolute Gasteiger partial charge is 0.468 e. The zero-order chi connectivity index (χ0) is 20.8. The van der Waals surface area contributed by atoms with Gasteiger partial charge in [-0.3, -0.25) is 9.89 Å². The van der Waals surface area contributed by atoms with Gasteiger partial charge in [-0.15, -0.1) is 0 Å². The molecule has 0 spiro atoms. The van der Waals surface area contributed by atoms with E-state index in [0.717, 1.165) is 62.4 Å². The number of guanidine groups is 1. The number of hydrogen-bond acceptors (Lipinski definition) is 6. The van der Waals surface area contributed by atoms with Gasteiger partial charge >= 0.3 is 0 Å². The number of furan rings is 1. The predicted molar refractivity (Wildman–Crippen MR) is 114 cm³/mol. The summed E-state index contributed by atoms with van der Waals surface area (Å²) in [6, 6.07) is 4.51. The smallest absolute Gasteiger partial charge is 0.191 e. The van der Waals surface area contributed by atoms with E-state index in [9.17, 15) is 0 Å². The number of likely N-dealkylation sites (tertiary alicyclic amines) is 1. The summed E-state index contributed by atoms with van der Waals surface area (Å²) in [5.74, 6) is 3.61. The van der Waals surface area contributed by atoms with Crippen molar-refractivity contribution in [1.82, 2.24) is 30.3 Å². The van der Waals surface area contributed by atoms with Gasteiger partial charge in [0.25, 0.3) is 0 Å². The fourth-order valence-corrected chi connectivity index (χ4v) is 4.37. The fraction of sp³-hybridized carbons (Fsp3) is 0.667. The first-order valence-electron chi connectivity index (χ1n) is 10.9. The summed E-state index contributed by atoms with van der Waals surface area (Å²) in [6.45, 7) is 4.21. The number of nitrogens with zero attached hydrogens (tertiary/aromatic N) is 5. The van der Waals surface area contributed by atoms with Crippen molar-refractivity contribution in [3.05, 3.63) is 35.8 Å². The number of ether oxygens (including phenoxy) is 1. The van der Waals surface area contributed by atoms with E-state index in [2.05, 4.69) is 36.7 Å². The Morgan fingerprint density at radius 3 is 2.97 bits per heavy atom. The highest BCUT2D eigenvalue weighted by atomic mass is 16.5. The molecule has 0 aromatic carbocycles. The second-order valence-corrected chi connectivity index (χ2v) is 8.02. The summed E-state index contributed by atoms with van der Waals surface area (Å²) in [6.07, 6.45) is 7.47. The molecule has 2 N–H and O–H groups in total. The first kappa shape index (κ1) is 20.9. The van der Waals surface area contributed by atoms with Crippen LogP contribution < -0.4 is 10.6 Å². The molecule has 0 aliphatic carbocycles. The number of methoxy groups -OCH3 is 1. The Hall–Kier alpha value is -2.39. The Morgan fingerprint density at radius 1 is 1.37 bits per heavy atom. The number of rotatable bonds is 7. The van der Waals surface area contributed by atoms with Crippen molar-refractivity contribution in [3.8, 4) is 0 Å². The number of piperidine rings is 1. The lowest BCUT2D eigenvalue weighted by Crippen LogP contribution is -2.49. The second kappa shape index (κ2) is 10.1. The number of fused-ring (bicyclic) bond motifs is 1. The van der Waals surface area contributed by atoms with E-state index >= 15 is 0 Å². The van der Waals surface area contributed by atoms with Crippen LogP contribution in [0.15, 0.2) is 27.8 Å². The van der Waals surface area contributed by atoms with Crippen LogP contribution in [-0.4, -0.2) is 65.5 Å². The summed E-state index contributed by atoms with van der Waals surface area (Å²) in [7, 11) is 3.48. The second-order valence-electron chi connectivity index (χ2n) is 8.02. The maximum Gasteiger partial charge on any atom is 0.191 e. The summed E-state index contributed by atoms with van der Waals surface area (Å²) < 4.78 is 12.9. The van der Waals surface area contributed by atoms with E-state index in [0.29, 0.717) is 6.61 Å². The standard InChI is InChI=1S/C21H33N7O2/c1-22-21(24-16-8-9-20-25-19(15-29-2)26-28(20)14-16)23-13-17(18-7-6-12-30-18)27-10-4-3-5-11-27/h6-7,12,16-17H,3-5,8-11,13-15H2,1-2H3,(H2,22,23,24). The maximum atomic E-state index is 5.76. The van der Waals surface area contributed by atoms with Crippen LogP contribution in [-0.2, 0) is 24.3 Å². The minimum absolute atomic E-state index is 0.212. The van der Waals surface area contributed by atoms with Crippen molar-refractivity contribution in [2.45, 2.75) is 57.3 Å². The van der Waals surface area contributed by atoms with Crippen molar-refractivity contribution in [2.75, 3.05) is 33.8 Å². The van der Waals surface area contributed by atoms with Crippen molar-refractivity contribution in [1.29, 1.82) is 0 Å². The zero-order valence-corrected chi connectivity index (χ0v) is 18.0. The highest BCUT2D eigenvalue weighted by molar-refractivity contribution is 5.80. The van der Waals surface area contributed by atoms with Gasteiger partial charge in [0.15, 0.2) is 11.8 Å². The SMILES string of the molecule is CN=C(NCC(c1ccco1)N1CCCCC1)NC1CCc2nc(COC)nn2C1. The van der Waals surface area contributed by atoms with Crippen LogP contribution in [0.2, 0.25) is 0 Å². The lowest BCUT2D eigenvalue weighted by Gasteiger charge is -2.34. The average molecular weight is 416 g/mol. The molecular formula is C21H33N7O2. The highest BCUT2D eigenvalue weighted by Crippen LogP contribution is 2.24. The van der Waals surface area contributed by atoms with Crippen LogP contribution in [0, 0.1) is 0 Å². The van der Waals surface area contributed by atoms with Crippen LogP contribution in [0.1, 0.15) is 49.1 Å². The number of aromatic nitrogens is 3. The molecule has 0 bridgehead atoms. The average Bonchev–Trinajstić information content (AvgIpc) is 3.43. The van der Waals surface area contributed by atoms with Crippen molar-refractivity contribution >= 4 is 5.96 Å². The maximum absolute atomic E-state index is 5.76. The Bertz CT molecular complexity index is 811. The van der Waals surface area contributed by atoms with E-state index in [1.807, 2.05) is 17.8 Å². The molecule has 2 atom stereocenters. The normalized spacial score (nSPS) is 21.3. The molecule has 0 amide bonds. The van der Waals surface area contributed by atoms with Crippen LogP contribution >= 0.6 is 0 Å². The Morgan fingerprint density at radius 2 is 2.23 bits per heavy atom. The van der Waals surface area contributed by atoms with Crippen LogP contribution in [0.5, 0.6) is 0 Å². The third-order valence-electron chi connectivity index (χ3n) is 5.91. The summed E-state index contributed by atoms with van der Waals surface area (Å²) in [4.78, 5) is 11.5. The topological polar surface area (TPSA) is 92.7 Å². The molecule has 2 aliphatic rings. The van der Waals surface area contributed by atoms with Gasteiger partial charge in [0.2, 0.25) is 0 Å². The van der Waals surface area contributed by atoms with Crippen LogP contribution in [0.25, 0.3) is 0 Å². The monoisotopic (exact) mass is 415 g/mol. The molecule has 2 aliphatic heterocycles. The van der Waals surface area contributed by atoms with Crippen molar-refractivity contribution in [3.63, 3.8) is 0 Å². The van der Waals surface area contributed by atoms with Crippen molar-refractivity contribution < 1.29 is 9.15 Å². The summed E-state index contributed by atoms with van der Waals surface area (Å²) >= 11 is 0. The molecule has 2 unspecified atom stereocenters. The highest BCUT2D eigenvalue weighted by Gasteiger charge is 2.26. The van der Waals surface area contributed by atoms with E-state index in [4.69, 9.17) is 9.15 Å². The molecule has 4 heterocycles. The molecule has 0 saturated carbocycles. The summed E-state index contributed by atoms with van der Waals surface area (Å²) in [5.41, 5.74) is 0. The van der Waals surface area contributed by atoms with Gasteiger partial charge in [0.05, 0.1) is 18.8 Å². The molecule has 30 heavy (non-hydrogen) atoms. The van der Waals surface area contributed by atoms with Gasteiger partial charge in [-0.1, -0.05) is 6.42 Å². The number of aryl methyl sites for hydroxylation is 1. The van der Waals surface area contributed by atoms with Gasteiger partial charge in [0.1, 0.15) is 18.2 Å². The molecule has 2 aromatic rings. The summed E-state index contributed by atoms with van der Waals surface area (Å²) in [5, 5.41) is 11.6. The third kappa shape index (κ3) is 5.02. The molecule has 9 nitrogen and oxygen atoms in total. The van der Waals surface area contributed by atoms with Gasteiger partial charge in [0, 0.05) is 33.2 Å². The van der Waals surface area contributed by atoms with E-state index in [-0.39, 0.29) is 12.1 Å². The molecule has 1 fully saturated rings. The first-order chi connectivity index (χ1) is 14.8. The lowest BCUT2D eigenvalue weighted by atomic mass is 10.1. The predicted octanol–water partition coefficient (Wildman–Crippen LogP) is 1.72. The minimum atomic E-state index is 0.212. The van der Waals surface area contributed by atoms with Gasteiger partial charge in [-0.25, -0.2) is 9.67 Å². The zero-order valence-electron chi connectivity index (χ0n) is 18.0. The Kier molecular flexibility index (Phi) is 7.01. The third-order valence-corrected chi connectivity index (χ3v) is 5.91. The van der Waals surface area contributed by atoms with E-state index in [1.54, 1.807) is 13.4 Å². The van der Waals surface area contributed by atoms with Gasteiger partial charge in [-0.2, -0.15) is 5.10 Å². The number of nitrogens with one attached hydrogen (secondary N) is 2. The molecular weight excluding hydrogens is 382 g/mol. The van der Waals surface area contributed by atoms with Crippen LogP contribution in [0.4, 0.5) is 0 Å². The first-order valence-corrected chi connectivity index (χ1v) is 10.9. The number of aliphatic imine (C=N–C) groups is 1. The molecule has 0 radical (unpaired) electrons. The molecule has 164 valence electrons. The van der Waals surface area contributed by atoms with E-state index in [1.165, 1.54) is 19.3 Å². The van der Waals surface area contributed by atoms with Gasteiger partial charge < -0.3 is 19.8 Å². The molecule has 4 rings (SSSR count). The molecule has 2 aromatic heterocycles. The Labute approximate surface area is 177 Å². The minimum Gasteiger partial charge on any atom is -0.468 e. The molecule has 1 saturated heterocycles. The quantitative estimate of drug-likeness (QED) is 0.525. The van der Waals surface area contributed by atoms with Gasteiger partial charge in [-0.05, 0) is 44.5 Å².